The van der Waals surface area contributed by atoms with Crippen molar-refractivity contribution in [1.82, 2.24) is 0 Å². The van der Waals surface area contributed by atoms with Gasteiger partial charge in [0.25, 0.3) is 0 Å². The average Bonchev–Trinajstić information content (AvgIpc) is 1.98. The predicted molar refractivity (Wildman–Crippen MR) is 50.7 cm³/mol. The van der Waals surface area contributed by atoms with E-state index in [1.54, 1.807) is 20.8 Å². The van der Waals surface area contributed by atoms with Crippen LogP contribution in [0.4, 0.5) is 0 Å². The zero-order valence-electron chi connectivity index (χ0n) is 7.96. The van der Waals surface area contributed by atoms with Crippen molar-refractivity contribution in [3.05, 3.63) is 12.2 Å². The molecule has 0 saturated carbocycles. The van der Waals surface area contributed by atoms with Gasteiger partial charge in [0.2, 0.25) is 0 Å². The molecule has 0 aromatic heterocycles. The average molecular weight is 205 g/mol. The minimum atomic E-state index is -1.00. The van der Waals surface area contributed by atoms with Crippen molar-refractivity contribution in [1.29, 1.82) is 0 Å². The maximum atomic E-state index is 11.2. The van der Waals surface area contributed by atoms with E-state index in [4.69, 9.17) is 16.3 Å². The molecule has 3 nitrogen and oxygen atoms in total. The second-order valence-corrected chi connectivity index (χ2v) is 4.04. The molecule has 0 aliphatic carbocycles. The monoisotopic (exact) mass is 204 g/mol. The molecule has 1 atom stereocenters. The minimum Gasteiger partial charge on any atom is -0.457 e. The molecule has 0 aromatic rings. The zero-order valence-corrected chi connectivity index (χ0v) is 8.72. The molecule has 1 unspecified atom stereocenters. The Morgan fingerprint density at radius 2 is 2.00 bits per heavy atom. The predicted octanol–water partition coefficient (Wildman–Crippen LogP) is 1.69. The number of rotatable bonds is 3. The van der Waals surface area contributed by atoms with E-state index in [1.165, 1.54) is 0 Å². The minimum absolute atomic E-state index is 0.0356. The Hall–Kier alpha value is -0.830. The summed E-state index contributed by atoms with van der Waals surface area (Å²) in [5, 5.41) is -1.00. The Morgan fingerprint density at radius 1 is 1.54 bits per heavy atom. The Balaban J connectivity index is 4.29. The molecule has 0 aromatic carbocycles. The lowest BCUT2D eigenvalue weighted by atomic mass is 10.1. The summed E-state index contributed by atoms with van der Waals surface area (Å²) >= 11 is 5.47. The van der Waals surface area contributed by atoms with Crippen LogP contribution in [0.3, 0.4) is 0 Å². The van der Waals surface area contributed by atoms with Crippen molar-refractivity contribution in [2.45, 2.75) is 31.7 Å². The number of halogens is 1. The summed E-state index contributed by atoms with van der Waals surface area (Å²) in [7, 11) is 0. The van der Waals surface area contributed by atoms with E-state index in [1.807, 2.05) is 0 Å². The standard InChI is InChI=1S/C9H13ClO3/c1-6(7(10)5-11)8(12)13-9(2,3)4/h5,7H,1H2,2-4H3. The van der Waals surface area contributed by atoms with Crippen molar-refractivity contribution in [2.24, 2.45) is 0 Å². The largest absolute Gasteiger partial charge is 0.457 e. The van der Waals surface area contributed by atoms with Crippen LogP contribution < -0.4 is 0 Å². The van der Waals surface area contributed by atoms with Crippen LogP contribution in [-0.2, 0) is 14.3 Å². The van der Waals surface area contributed by atoms with Gasteiger partial charge in [-0.1, -0.05) is 6.58 Å². The fraction of sp³-hybridized carbons (Fsp3) is 0.556. The smallest absolute Gasteiger partial charge is 0.335 e. The molecular weight excluding hydrogens is 192 g/mol. The molecule has 0 N–H and O–H groups in total. The van der Waals surface area contributed by atoms with Crippen molar-refractivity contribution < 1.29 is 14.3 Å². The fourth-order valence-corrected chi connectivity index (χ4v) is 0.627. The van der Waals surface area contributed by atoms with E-state index < -0.39 is 16.9 Å². The molecule has 0 spiro atoms. The van der Waals surface area contributed by atoms with E-state index >= 15 is 0 Å². The number of hydrogen-bond donors (Lipinski definition) is 0. The van der Waals surface area contributed by atoms with Crippen LogP contribution in [0.1, 0.15) is 20.8 Å². The molecule has 74 valence electrons. The third-order valence-electron chi connectivity index (χ3n) is 1.11. The lowest BCUT2D eigenvalue weighted by Gasteiger charge is -2.20. The number of alkyl halides is 1. The quantitative estimate of drug-likeness (QED) is 0.304. The summed E-state index contributed by atoms with van der Waals surface area (Å²) in [4.78, 5) is 21.4. The number of ether oxygens (including phenoxy) is 1. The highest BCUT2D eigenvalue weighted by molar-refractivity contribution is 6.32. The molecule has 0 bridgehead atoms. The molecule has 13 heavy (non-hydrogen) atoms. The van der Waals surface area contributed by atoms with Crippen LogP contribution in [0.5, 0.6) is 0 Å². The van der Waals surface area contributed by atoms with Gasteiger partial charge in [0, 0.05) is 0 Å². The maximum absolute atomic E-state index is 11.2. The molecular formula is C9H13ClO3. The molecule has 0 aliphatic rings. The van der Waals surface area contributed by atoms with Gasteiger partial charge >= 0.3 is 5.97 Å². The van der Waals surface area contributed by atoms with Crippen molar-refractivity contribution in [2.75, 3.05) is 0 Å². The van der Waals surface area contributed by atoms with Crippen LogP contribution in [0.15, 0.2) is 12.2 Å². The summed E-state index contributed by atoms with van der Waals surface area (Å²) in [6.07, 6.45) is 0.438. The van der Waals surface area contributed by atoms with E-state index in [0.717, 1.165) is 0 Å². The highest BCUT2D eigenvalue weighted by atomic mass is 35.5. The fourth-order valence-electron chi connectivity index (χ4n) is 0.538. The van der Waals surface area contributed by atoms with Crippen LogP contribution in [0.2, 0.25) is 0 Å². The topological polar surface area (TPSA) is 43.4 Å². The molecule has 0 fully saturated rings. The first-order chi connectivity index (χ1) is 5.78. The van der Waals surface area contributed by atoms with Gasteiger partial charge in [0.15, 0.2) is 0 Å². The van der Waals surface area contributed by atoms with Crippen molar-refractivity contribution in [3.63, 3.8) is 0 Å². The van der Waals surface area contributed by atoms with Crippen molar-refractivity contribution in [3.8, 4) is 0 Å². The number of carbonyl (C=O) groups is 2. The van der Waals surface area contributed by atoms with Gasteiger partial charge in [-0.25, -0.2) is 4.79 Å². The lowest BCUT2D eigenvalue weighted by molar-refractivity contribution is -0.150. The first kappa shape index (κ1) is 12.2. The first-order valence-electron chi connectivity index (χ1n) is 3.79. The van der Waals surface area contributed by atoms with Crippen LogP contribution in [-0.4, -0.2) is 23.2 Å². The molecule has 0 heterocycles. The summed E-state index contributed by atoms with van der Waals surface area (Å²) < 4.78 is 4.94. The SMILES string of the molecule is C=C(C(=O)OC(C)(C)C)C(Cl)C=O. The number of carbonyl (C=O) groups excluding carboxylic acids is 2. The van der Waals surface area contributed by atoms with Crippen LogP contribution in [0, 0.1) is 0 Å². The second-order valence-electron chi connectivity index (χ2n) is 3.56. The lowest BCUT2D eigenvalue weighted by Crippen LogP contribution is -2.27. The third-order valence-corrected chi connectivity index (χ3v) is 1.48. The van der Waals surface area contributed by atoms with Crippen molar-refractivity contribution >= 4 is 23.9 Å². The van der Waals surface area contributed by atoms with Gasteiger partial charge in [-0.05, 0) is 20.8 Å². The van der Waals surface area contributed by atoms with Crippen LogP contribution in [0.25, 0.3) is 0 Å². The zero-order chi connectivity index (χ0) is 10.6. The van der Waals surface area contributed by atoms with Crippen LogP contribution >= 0.6 is 11.6 Å². The summed E-state index contributed by atoms with van der Waals surface area (Å²) in [5.74, 6) is -0.639. The van der Waals surface area contributed by atoms with Gasteiger partial charge < -0.3 is 9.53 Å². The van der Waals surface area contributed by atoms with Gasteiger partial charge in [-0.3, -0.25) is 0 Å². The second kappa shape index (κ2) is 4.42. The van der Waals surface area contributed by atoms with E-state index in [-0.39, 0.29) is 5.57 Å². The van der Waals surface area contributed by atoms with E-state index in [2.05, 4.69) is 6.58 Å². The Labute approximate surface area is 82.7 Å². The third kappa shape index (κ3) is 4.68. The highest BCUT2D eigenvalue weighted by Gasteiger charge is 2.22. The molecule has 0 saturated heterocycles. The molecule has 0 radical (unpaired) electrons. The van der Waals surface area contributed by atoms with Gasteiger partial charge in [0.05, 0.1) is 5.57 Å². The summed E-state index contributed by atoms with van der Waals surface area (Å²) in [6.45, 7) is 8.55. The summed E-state index contributed by atoms with van der Waals surface area (Å²) in [5.41, 5.74) is -0.633. The van der Waals surface area contributed by atoms with E-state index in [0.29, 0.717) is 6.29 Å². The van der Waals surface area contributed by atoms with Gasteiger partial charge in [-0.15, -0.1) is 11.6 Å². The Kier molecular flexibility index (Phi) is 4.14. The maximum Gasteiger partial charge on any atom is 0.335 e. The van der Waals surface area contributed by atoms with Gasteiger partial charge in [-0.2, -0.15) is 0 Å². The molecule has 0 amide bonds. The highest BCUT2D eigenvalue weighted by Crippen LogP contribution is 2.13. The number of aldehydes is 1. The number of esters is 1. The first-order valence-corrected chi connectivity index (χ1v) is 4.23. The Bertz CT molecular complexity index is 228. The van der Waals surface area contributed by atoms with E-state index in [9.17, 15) is 9.59 Å². The molecule has 0 aliphatic heterocycles. The molecule has 4 heteroatoms. The summed E-state index contributed by atoms with van der Waals surface area (Å²) in [6, 6.07) is 0. The molecule has 0 rings (SSSR count). The Morgan fingerprint density at radius 3 is 2.31 bits per heavy atom. The normalized spacial score (nSPS) is 13.2. The van der Waals surface area contributed by atoms with Gasteiger partial charge in [0.1, 0.15) is 17.3 Å². The number of hydrogen-bond acceptors (Lipinski definition) is 3.